The minimum absolute atomic E-state index is 0.248. The molecule has 0 heterocycles. The maximum Gasteiger partial charge on any atom is 0.294 e. The number of rotatable bonds is 8. The zero-order chi connectivity index (χ0) is 36.0. The van der Waals surface area contributed by atoms with Gasteiger partial charge in [0.25, 0.3) is 20.2 Å². The summed E-state index contributed by atoms with van der Waals surface area (Å²) in [4.78, 5) is -0.701. The third-order valence-corrected chi connectivity index (χ3v) is 10.6. The highest BCUT2D eigenvalue weighted by Crippen LogP contribution is 2.45. The van der Waals surface area contributed by atoms with Gasteiger partial charge in [-0.25, -0.2) is 0 Å². The molecule has 0 atom stereocenters. The molecule has 2 N–H and O–H groups in total. The van der Waals surface area contributed by atoms with Crippen LogP contribution in [0.5, 0.6) is 23.0 Å². The lowest BCUT2D eigenvalue weighted by Crippen LogP contribution is -2.00. The fourth-order valence-corrected chi connectivity index (χ4v) is 7.48. The van der Waals surface area contributed by atoms with Crippen molar-refractivity contribution < 1.29 is 35.4 Å². The quantitative estimate of drug-likeness (QED) is 0.117. The van der Waals surface area contributed by atoms with Crippen LogP contribution in [0.4, 0.5) is 0 Å². The Balaban J connectivity index is 1.30. The highest BCUT2D eigenvalue weighted by molar-refractivity contribution is 7.86. The maximum absolute atomic E-state index is 12.1. The summed E-state index contributed by atoms with van der Waals surface area (Å²) >= 11 is 0. The second kappa shape index (κ2) is 12.9. The molecule has 8 aromatic rings. The maximum atomic E-state index is 12.1. The van der Waals surface area contributed by atoms with Crippen molar-refractivity contribution in [3.8, 4) is 45.3 Å². The van der Waals surface area contributed by atoms with Crippen molar-refractivity contribution in [2.24, 2.45) is 0 Å². The van der Waals surface area contributed by atoms with Crippen molar-refractivity contribution in [1.82, 2.24) is 0 Å². The third kappa shape index (κ3) is 6.25. The Morgan fingerprint density at radius 1 is 0.346 bits per heavy atom. The van der Waals surface area contributed by atoms with Crippen molar-refractivity contribution in [3.05, 3.63) is 158 Å². The highest BCUT2D eigenvalue weighted by atomic mass is 32.2. The van der Waals surface area contributed by atoms with Gasteiger partial charge < -0.3 is 9.47 Å². The molecule has 0 aromatic heterocycles. The predicted octanol–water partition coefficient (Wildman–Crippen LogP) is 10.6. The Morgan fingerprint density at radius 2 is 0.788 bits per heavy atom. The molecule has 0 radical (unpaired) electrons. The van der Waals surface area contributed by atoms with E-state index in [1.165, 1.54) is 42.5 Å². The van der Waals surface area contributed by atoms with Crippen molar-refractivity contribution in [2.75, 3.05) is 0 Å². The first-order chi connectivity index (χ1) is 25.0. The van der Waals surface area contributed by atoms with E-state index in [1.54, 1.807) is 0 Å². The molecule has 8 rings (SSSR count). The van der Waals surface area contributed by atoms with E-state index in [-0.39, 0.29) is 21.1 Å². The Hall–Kier alpha value is -6.04. The molecule has 0 fully saturated rings. The summed E-state index contributed by atoms with van der Waals surface area (Å²) in [5, 5.41) is 5.28. The number of hydrogen-bond donors (Lipinski definition) is 2. The topological polar surface area (TPSA) is 127 Å². The van der Waals surface area contributed by atoms with Gasteiger partial charge >= 0.3 is 0 Å². The molecule has 8 aromatic carbocycles. The number of benzene rings is 8. The first-order valence-corrected chi connectivity index (χ1v) is 19.0. The molecule has 0 unspecified atom stereocenters. The summed E-state index contributed by atoms with van der Waals surface area (Å²) in [6.45, 7) is 0. The second-order valence-electron chi connectivity index (χ2n) is 12.1. The van der Waals surface area contributed by atoms with Crippen LogP contribution >= 0.6 is 0 Å². The van der Waals surface area contributed by atoms with Gasteiger partial charge in [0.05, 0.1) is 9.79 Å². The average Bonchev–Trinajstić information content (AvgIpc) is 3.15. The molecule has 0 aliphatic carbocycles. The average molecular weight is 725 g/mol. The van der Waals surface area contributed by atoms with Crippen molar-refractivity contribution in [1.29, 1.82) is 0 Å². The summed E-state index contributed by atoms with van der Waals surface area (Å²) in [5.41, 5.74) is 2.66. The number of hydrogen-bond acceptors (Lipinski definition) is 6. The fourth-order valence-electron chi connectivity index (χ4n) is 6.49. The fraction of sp³-hybridized carbons (Fsp3) is 0. The summed E-state index contributed by atoms with van der Waals surface area (Å²) in [7, 11) is -9.06. The third-order valence-electron chi connectivity index (χ3n) is 8.93. The van der Waals surface area contributed by atoms with Crippen LogP contribution in [-0.2, 0) is 20.2 Å². The summed E-state index contributed by atoms with van der Waals surface area (Å²) in [5.74, 6) is 2.12. The molecule has 0 aliphatic heterocycles. The molecule has 0 spiro atoms. The molecular formula is C42H28O8S2. The molecule has 0 saturated carbocycles. The van der Waals surface area contributed by atoms with E-state index in [4.69, 9.17) is 9.47 Å². The monoisotopic (exact) mass is 724 g/mol. The van der Waals surface area contributed by atoms with E-state index < -0.39 is 20.2 Å². The minimum atomic E-state index is -4.59. The van der Waals surface area contributed by atoms with Gasteiger partial charge in [-0.1, -0.05) is 109 Å². The molecule has 256 valence electrons. The van der Waals surface area contributed by atoms with Crippen molar-refractivity contribution >= 4 is 52.6 Å². The first-order valence-electron chi connectivity index (χ1n) is 16.1. The van der Waals surface area contributed by atoms with Crippen molar-refractivity contribution in [2.45, 2.75) is 9.79 Å². The van der Waals surface area contributed by atoms with E-state index in [2.05, 4.69) is 0 Å². The molecule has 0 amide bonds. The molecule has 52 heavy (non-hydrogen) atoms. The number of ether oxygens (including phenoxy) is 2. The molecular weight excluding hydrogens is 697 g/mol. The van der Waals surface area contributed by atoms with Crippen LogP contribution in [0.1, 0.15) is 0 Å². The Bertz CT molecular complexity index is 2890. The summed E-state index contributed by atoms with van der Waals surface area (Å²) in [6, 6.07) is 46.8. The van der Waals surface area contributed by atoms with E-state index in [0.29, 0.717) is 22.8 Å². The van der Waals surface area contributed by atoms with E-state index in [9.17, 15) is 25.9 Å². The van der Waals surface area contributed by atoms with E-state index >= 15 is 0 Å². The summed E-state index contributed by atoms with van der Waals surface area (Å²) < 4.78 is 80.4. The van der Waals surface area contributed by atoms with Gasteiger partial charge in [-0.05, 0) is 81.2 Å². The molecule has 0 bridgehead atoms. The Labute approximate surface area is 299 Å². The van der Waals surface area contributed by atoms with Crippen LogP contribution in [0.3, 0.4) is 0 Å². The summed E-state index contributed by atoms with van der Waals surface area (Å²) in [6.07, 6.45) is 0. The van der Waals surface area contributed by atoms with Crippen LogP contribution in [0.25, 0.3) is 54.6 Å². The zero-order valence-corrected chi connectivity index (χ0v) is 28.8. The smallest absolute Gasteiger partial charge is 0.294 e. The van der Waals surface area contributed by atoms with Gasteiger partial charge in [-0.3, -0.25) is 9.11 Å². The largest absolute Gasteiger partial charge is 0.456 e. The predicted molar refractivity (Wildman–Crippen MR) is 202 cm³/mol. The van der Waals surface area contributed by atoms with Gasteiger partial charge in [0.15, 0.2) is 0 Å². The van der Waals surface area contributed by atoms with E-state index in [1.807, 2.05) is 115 Å². The first kappa shape index (κ1) is 33.1. The number of fused-ring (bicyclic) bond motifs is 5. The van der Waals surface area contributed by atoms with E-state index in [0.717, 1.165) is 43.4 Å². The SMILES string of the molecule is O=S(=O)(O)c1ccc(-c2cc(S(=O)(=O)O)ccc2Oc2cc3c4ccccc4c(Oc4ccccc4-c4ccccc4)cc3c3ccccc23)cc1. The highest BCUT2D eigenvalue weighted by Gasteiger charge is 2.20. The van der Waals surface area contributed by atoms with Gasteiger partial charge in [0.1, 0.15) is 23.0 Å². The molecule has 0 saturated heterocycles. The number of para-hydroxylation sites is 1. The lowest BCUT2D eigenvalue weighted by Gasteiger charge is -2.18. The van der Waals surface area contributed by atoms with Gasteiger partial charge in [0, 0.05) is 21.9 Å². The van der Waals surface area contributed by atoms with Gasteiger partial charge in [-0.2, -0.15) is 16.8 Å². The van der Waals surface area contributed by atoms with Crippen LogP contribution in [-0.4, -0.2) is 25.9 Å². The second-order valence-corrected chi connectivity index (χ2v) is 15.0. The Morgan fingerprint density at radius 3 is 1.35 bits per heavy atom. The zero-order valence-electron chi connectivity index (χ0n) is 27.2. The van der Waals surface area contributed by atoms with Crippen LogP contribution in [0.15, 0.2) is 168 Å². The Kier molecular flexibility index (Phi) is 8.24. The standard InChI is InChI=1S/C42H28O8S2/c43-51(44,45)29-20-18-28(19-21-29)36-24-30(52(46,47)48)22-23-40(36)50-42-26-38-32-13-4-6-15-34(32)41(25-37(38)33-14-5-7-16-35(33)42)49-39-17-9-8-12-31(39)27-10-2-1-3-11-27/h1-26H,(H,43,44,45)(H,46,47,48). The van der Waals surface area contributed by atoms with Gasteiger partial charge in [-0.15, -0.1) is 0 Å². The molecule has 0 aliphatic rings. The molecule has 8 nitrogen and oxygen atoms in total. The minimum Gasteiger partial charge on any atom is -0.456 e. The van der Waals surface area contributed by atoms with Crippen molar-refractivity contribution in [3.63, 3.8) is 0 Å². The lowest BCUT2D eigenvalue weighted by atomic mass is 9.95. The van der Waals surface area contributed by atoms with Crippen LogP contribution < -0.4 is 9.47 Å². The van der Waals surface area contributed by atoms with Crippen LogP contribution in [0, 0.1) is 0 Å². The van der Waals surface area contributed by atoms with Gasteiger partial charge in [0.2, 0.25) is 0 Å². The molecule has 10 heteroatoms. The lowest BCUT2D eigenvalue weighted by molar-refractivity contribution is 0.479. The normalized spacial score (nSPS) is 12.0. The van der Waals surface area contributed by atoms with Crippen LogP contribution in [0.2, 0.25) is 0 Å².